The van der Waals surface area contributed by atoms with Crippen molar-refractivity contribution >= 4 is 32.4 Å². The van der Waals surface area contributed by atoms with Gasteiger partial charge in [0.2, 0.25) is 0 Å². The fourth-order valence-electron chi connectivity index (χ4n) is 3.25. The molecule has 2 aliphatic rings. The maximum absolute atomic E-state index is 12.4. The summed E-state index contributed by atoms with van der Waals surface area (Å²) in [4.78, 5) is 26.7. The number of hydrogen-bond donors (Lipinski definition) is 1. The third-order valence-electron chi connectivity index (χ3n) is 4.73. The van der Waals surface area contributed by atoms with Gasteiger partial charge in [0.15, 0.2) is 0 Å². The number of amides is 2. The predicted molar refractivity (Wildman–Crippen MR) is 96.3 cm³/mol. The topological polar surface area (TPSA) is 60.9 Å². The van der Waals surface area contributed by atoms with Crippen LogP contribution in [0.4, 0.5) is 4.79 Å². The molecule has 0 saturated carbocycles. The van der Waals surface area contributed by atoms with Gasteiger partial charge >= 0.3 is 6.09 Å². The summed E-state index contributed by atoms with van der Waals surface area (Å²) in [5, 5.41) is 9.01. The van der Waals surface area contributed by atoms with E-state index in [-0.39, 0.29) is 5.91 Å². The third kappa shape index (κ3) is 3.64. The number of halogens is 1. The van der Waals surface area contributed by atoms with E-state index in [9.17, 15) is 9.59 Å². The standard InChI is InChI=1S/C18H21BrN2O3/c19-16(14-7-11-21(12-8-14)18(23)24)13-3-5-15(6-4-13)17(22)20-9-1-2-10-20/h3-6H,1-2,7-12H2,(H,23,24). The first-order valence-electron chi connectivity index (χ1n) is 8.31. The third-order valence-corrected chi connectivity index (χ3v) is 5.75. The van der Waals surface area contributed by atoms with Crippen molar-refractivity contribution in [2.45, 2.75) is 25.7 Å². The minimum Gasteiger partial charge on any atom is -0.465 e. The Bertz CT molecular complexity index is 653. The Balaban J connectivity index is 1.70. The molecule has 24 heavy (non-hydrogen) atoms. The zero-order valence-corrected chi connectivity index (χ0v) is 15.1. The van der Waals surface area contributed by atoms with Crippen molar-refractivity contribution < 1.29 is 14.7 Å². The van der Waals surface area contributed by atoms with Gasteiger partial charge in [0.05, 0.1) is 0 Å². The van der Waals surface area contributed by atoms with Crippen molar-refractivity contribution in [3.05, 3.63) is 41.0 Å². The van der Waals surface area contributed by atoms with E-state index in [0.29, 0.717) is 13.1 Å². The minimum atomic E-state index is -0.852. The normalized spacial score (nSPS) is 18.0. The lowest BCUT2D eigenvalue weighted by Gasteiger charge is -2.26. The van der Waals surface area contributed by atoms with Crippen LogP contribution in [0.1, 0.15) is 41.6 Å². The Kier molecular flexibility index (Phi) is 5.23. The summed E-state index contributed by atoms with van der Waals surface area (Å²) in [6, 6.07) is 7.68. The molecule has 0 atom stereocenters. The van der Waals surface area contributed by atoms with Gasteiger partial charge in [-0.2, -0.15) is 0 Å². The number of benzene rings is 1. The number of hydrogen-bond acceptors (Lipinski definition) is 2. The molecule has 1 aromatic rings. The fraction of sp³-hybridized carbons (Fsp3) is 0.444. The van der Waals surface area contributed by atoms with Gasteiger partial charge in [0.1, 0.15) is 0 Å². The zero-order valence-electron chi connectivity index (χ0n) is 13.5. The van der Waals surface area contributed by atoms with Crippen LogP contribution in [0.5, 0.6) is 0 Å². The van der Waals surface area contributed by atoms with Gasteiger partial charge in [-0.25, -0.2) is 4.79 Å². The van der Waals surface area contributed by atoms with E-state index in [1.165, 1.54) is 10.5 Å². The van der Waals surface area contributed by atoms with Crippen molar-refractivity contribution in [1.82, 2.24) is 9.80 Å². The molecule has 2 saturated heterocycles. The van der Waals surface area contributed by atoms with Crippen molar-refractivity contribution in [2.75, 3.05) is 26.2 Å². The van der Waals surface area contributed by atoms with Gasteiger partial charge in [0.25, 0.3) is 5.91 Å². The van der Waals surface area contributed by atoms with Gasteiger partial charge in [-0.05, 0) is 43.4 Å². The van der Waals surface area contributed by atoms with Crippen LogP contribution in [-0.2, 0) is 0 Å². The second kappa shape index (κ2) is 7.38. The highest BCUT2D eigenvalue weighted by atomic mass is 79.9. The van der Waals surface area contributed by atoms with E-state index >= 15 is 0 Å². The number of nitrogens with zero attached hydrogens (tertiary/aromatic N) is 2. The highest BCUT2D eigenvalue weighted by Gasteiger charge is 2.21. The first-order valence-corrected chi connectivity index (χ1v) is 9.10. The highest BCUT2D eigenvalue weighted by Crippen LogP contribution is 2.31. The number of piperidine rings is 1. The Morgan fingerprint density at radius 3 is 1.96 bits per heavy atom. The molecule has 2 fully saturated rings. The van der Waals surface area contributed by atoms with Crippen molar-refractivity contribution in [1.29, 1.82) is 0 Å². The quantitative estimate of drug-likeness (QED) is 0.832. The van der Waals surface area contributed by atoms with Crippen LogP contribution in [0.25, 0.3) is 4.48 Å². The van der Waals surface area contributed by atoms with Gasteiger partial charge in [-0.3, -0.25) is 4.79 Å². The van der Waals surface area contributed by atoms with Crippen LogP contribution >= 0.6 is 15.9 Å². The molecule has 1 N–H and O–H groups in total. The van der Waals surface area contributed by atoms with Gasteiger partial charge in [0, 0.05) is 36.2 Å². The van der Waals surface area contributed by atoms with E-state index in [2.05, 4.69) is 15.9 Å². The van der Waals surface area contributed by atoms with E-state index in [0.717, 1.165) is 54.4 Å². The lowest BCUT2D eigenvalue weighted by molar-refractivity contribution is 0.0792. The number of likely N-dealkylation sites (tertiary alicyclic amines) is 2. The van der Waals surface area contributed by atoms with Crippen molar-refractivity contribution in [3.63, 3.8) is 0 Å². The molecular formula is C18H21BrN2O3. The first-order chi connectivity index (χ1) is 11.6. The van der Waals surface area contributed by atoms with E-state index in [1.54, 1.807) is 0 Å². The SMILES string of the molecule is O=C(O)N1CCC(=C(Br)c2ccc(C(=O)N3CCCC3)cc2)CC1. The molecule has 128 valence electrons. The van der Waals surface area contributed by atoms with Crippen LogP contribution in [0, 0.1) is 0 Å². The summed E-state index contributed by atoms with van der Waals surface area (Å²) < 4.78 is 1.02. The van der Waals surface area contributed by atoms with Gasteiger partial charge in [-0.15, -0.1) is 0 Å². The molecule has 0 radical (unpaired) electrons. The maximum atomic E-state index is 12.4. The van der Waals surface area contributed by atoms with Crippen LogP contribution in [0.3, 0.4) is 0 Å². The molecule has 5 nitrogen and oxygen atoms in total. The average Bonchev–Trinajstić information content (AvgIpc) is 3.15. The number of carbonyl (C=O) groups excluding carboxylic acids is 1. The first kappa shape index (κ1) is 17.0. The summed E-state index contributed by atoms with van der Waals surface area (Å²) in [6.07, 6.45) is 2.81. The molecule has 6 heteroatoms. The number of rotatable bonds is 2. The van der Waals surface area contributed by atoms with E-state index in [1.807, 2.05) is 29.2 Å². The summed E-state index contributed by atoms with van der Waals surface area (Å²) >= 11 is 3.65. The Hall–Kier alpha value is -1.82. The predicted octanol–water partition coefficient (Wildman–Crippen LogP) is 3.80. The summed E-state index contributed by atoms with van der Waals surface area (Å²) in [6.45, 7) is 2.78. The number of carbonyl (C=O) groups is 2. The summed E-state index contributed by atoms with van der Waals surface area (Å²) in [5.41, 5.74) is 2.99. The second-order valence-corrected chi connectivity index (χ2v) is 7.06. The lowest BCUT2D eigenvalue weighted by atomic mass is 10.0. The Labute approximate surface area is 150 Å². The minimum absolute atomic E-state index is 0.109. The Morgan fingerprint density at radius 1 is 0.875 bits per heavy atom. The van der Waals surface area contributed by atoms with Gasteiger partial charge in [-0.1, -0.05) is 33.6 Å². The molecule has 3 rings (SSSR count). The van der Waals surface area contributed by atoms with Crippen molar-refractivity contribution in [2.24, 2.45) is 0 Å². The maximum Gasteiger partial charge on any atom is 0.407 e. The molecule has 0 spiro atoms. The lowest BCUT2D eigenvalue weighted by Crippen LogP contribution is -2.35. The molecule has 2 aliphatic heterocycles. The monoisotopic (exact) mass is 392 g/mol. The molecule has 1 aromatic carbocycles. The molecule has 0 aliphatic carbocycles. The summed E-state index contributed by atoms with van der Waals surface area (Å²) in [5.74, 6) is 0.109. The van der Waals surface area contributed by atoms with E-state index in [4.69, 9.17) is 5.11 Å². The second-order valence-electron chi connectivity index (χ2n) is 6.26. The van der Waals surface area contributed by atoms with Crippen LogP contribution in [-0.4, -0.2) is 53.1 Å². The van der Waals surface area contributed by atoms with Crippen LogP contribution < -0.4 is 0 Å². The van der Waals surface area contributed by atoms with E-state index < -0.39 is 6.09 Å². The van der Waals surface area contributed by atoms with Crippen LogP contribution in [0.2, 0.25) is 0 Å². The van der Waals surface area contributed by atoms with Gasteiger partial charge < -0.3 is 14.9 Å². The molecule has 2 heterocycles. The molecular weight excluding hydrogens is 372 g/mol. The molecule has 0 unspecified atom stereocenters. The average molecular weight is 393 g/mol. The molecule has 2 amide bonds. The largest absolute Gasteiger partial charge is 0.465 e. The van der Waals surface area contributed by atoms with Crippen molar-refractivity contribution in [3.8, 4) is 0 Å². The smallest absolute Gasteiger partial charge is 0.407 e. The fourth-order valence-corrected chi connectivity index (χ4v) is 3.91. The number of carboxylic acid groups (broad SMARTS) is 1. The molecule has 0 aromatic heterocycles. The zero-order chi connectivity index (χ0) is 17.1. The summed E-state index contributed by atoms with van der Waals surface area (Å²) in [7, 11) is 0. The highest BCUT2D eigenvalue weighted by molar-refractivity contribution is 9.15. The Morgan fingerprint density at radius 2 is 1.42 bits per heavy atom. The van der Waals surface area contributed by atoms with Crippen LogP contribution in [0.15, 0.2) is 29.8 Å². The molecule has 0 bridgehead atoms.